The second kappa shape index (κ2) is 8.60. The molecule has 2 heteroatoms. The van der Waals surface area contributed by atoms with Crippen LogP contribution in [0.3, 0.4) is 0 Å². The van der Waals surface area contributed by atoms with E-state index in [1.54, 1.807) is 24.3 Å². The molecule has 0 heterocycles. The van der Waals surface area contributed by atoms with Crippen molar-refractivity contribution < 1.29 is 8.78 Å². The molecule has 0 aliphatic carbocycles. The Morgan fingerprint density at radius 2 is 0.625 bits per heavy atom. The van der Waals surface area contributed by atoms with E-state index in [9.17, 15) is 8.78 Å². The minimum atomic E-state index is -0.233. The van der Waals surface area contributed by atoms with Crippen LogP contribution in [0.4, 0.5) is 8.78 Å². The summed E-state index contributed by atoms with van der Waals surface area (Å²) in [5.41, 5.74) is 6.95. The number of halogens is 2. The average Bonchev–Trinajstić information content (AvgIpc) is 2.85. The summed E-state index contributed by atoms with van der Waals surface area (Å²) < 4.78 is 28.5. The minimum absolute atomic E-state index is 0.233. The summed E-state index contributed by atoms with van der Waals surface area (Å²) >= 11 is 0. The molecule has 0 fully saturated rings. The summed E-state index contributed by atoms with van der Waals surface area (Å²) in [6, 6.07) is 37.6. The van der Waals surface area contributed by atoms with Gasteiger partial charge in [0.05, 0.1) is 0 Å². The standard InChI is InChI=1S/C30H20F2/c31-29-16-3-1-14-27(29)25-12-6-10-23(19-25)21-8-5-9-22(18-21)24-11-7-13-26(20-24)28-15-2-4-17-30(28)32/h1-20H. The average molecular weight is 418 g/mol. The summed E-state index contributed by atoms with van der Waals surface area (Å²) in [6.45, 7) is 0. The highest BCUT2D eigenvalue weighted by Gasteiger charge is 2.09. The maximum absolute atomic E-state index is 14.3. The Labute approximate surface area is 186 Å². The van der Waals surface area contributed by atoms with Crippen LogP contribution in [0.2, 0.25) is 0 Å². The summed E-state index contributed by atoms with van der Waals surface area (Å²) in [5, 5.41) is 0. The molecular formula is C30H20F2. The highest BCUT2D eigenvalue weighted by atomic mass is 19.1. The second-order valence-electron chi connectivity index (χ2n) is 7.70. The zero-order chi connectivity index (χ0) is 21.9. The number of rotatable bonds is 4. The molecule has 0 spiro atoms. The SMILES string of the molecule is Fc1ccccc1-c1cccc(-c2cccc(-c3cccc(-c4ccccc4F)c3)c2)c1. The van der Waals surface area contributed by atoms with Crippen molar-refractivity contribution in [3.63, 3.8) is 0 Å². The van der Waals surface area contributed by atoms with Crippen molar-refractivity contribution in [2.24, 2.45) is 0 Å². The van der Waals surface area contributed by atoms with Crippen LogP contribution in [0.15, 0.2) is 121 Å². The fraction of sp³-hybridized carbons (Fsp3) is 0. The topological polar surface area (TPSA) is 0 Å². The Hall–Kier alpha value is -4.04. The lowest BCUT2D eigenvalue weighted by Gasteiger charge is -2.10. The van der Waals surface area contributed by atoms with Crippen LogP contribution < -0.4 is 0 Å². The van der Waals surface area contributed by atoms with Gasteiger partial charge in [-0.3, -0.25) is 0 Å². The third-order valence-corrected chi connectivity index (χ3v) is 5.62. The quantitative estimate of drug-likeness (QED) is 0.274. The Morgan fingerprint density at radius 1 is 0.312 bits per heavy atom. The normalized spacial score (nSPS) is 10.8. The fourth-order valence-corrected chi connectivity index (χ4v) is 4.00. The third-order valence-electron chi connectivity index (χ3n) is 5.62. The molecule has 0 nitrogen and oxygen atoms in total. The molecule has 0 saturated carbocycles. The molecule has 0 radical (unpaired) electrons. The number of benzene rings is 5. The van der Waals surface area contributed by atoms with Crippen molar-refractivity contribution in [1.82, 2.24) is 0 Å². The minimum Gasteiger partial charge on any atom is -0.206 e. The number of hydrogen-bond acceptors (Lipinski definition) is 0. The molecule has 0 amide bonds. The largest absolute Gasteiger partial charge is 0.206 e. The molecule has 5 rings (SSSR count). The third kappa shape index (κ3) is 3.95. The fourth-order valence-electron chi connectivity index (χ4n) is 4.00. The predicted molar refractivity (Wildman–Crippen MR) is 128 cm³/mol. The molecule has 5 aromatic carbocycles. The lowest BCUT2D eigenvalue weighted by atomic mass is 9.94. The van der Waals surface area contributed by atoms with E-state index >= 15 is 0 Å². The maximum Gasteiger partial charge on any atom is 0.131 e. The molecule has 154 valence electrons. The van der Waals surface area contributed by atoms with E-state index in [0.29, 0.717) is 11.1 Å². The number of hydrogen-bond donors (Lipinski definition) is 0. The van der Waals surface area contributed by atoms with Crippen LogP contribution >= 0.6 is 0 Å². The lowest BCUT2D eigenvalue weighted by Crippen LogP contribution is -1.87. The Bertz CT molecular complexity index is 1300. The van der Waals surface area contributed by atoms with Crippen molar-refractivity contribution in [2.45, 2.75) is 0 Å². The molecule has 0 unspecified atom stereocenters. The first kappa shape index (κ1) is 19.9. The van der Waals surface area contributed by atoms with E-state index in [-0.39, 0.29) is 11.6 Å². The highest BCUT2D eigenvalue weighted by Crippen LogP contribution is 2.32. The highest BCUT2D eigenvalue weighted by molar-refractivity contribution is 5.79. The molecule has 0 N–H and O–H groups in total. The van der Waals surface area contributed by atoms with Crippen LogP contribution in [0.5, 0.6) is 0 Å². The summed E-state index contributed by atoms with van der Waals surface area (Å²) in [4.78, 5) is 0. The molecule has 0 saturated heterocycles. The van der Waals surface area contributed by atoms with E-state index in [1.165, 1.54) is 12.1 Å². The van der Waals surface area contributed by atoms with Gasteiger partial charge in [-0.15, -0.1) is 0 Å². The van der Waals surface area contributed by atoms with Gasteiger partial charge in [0.1, 0.15) is 11.6 Å². The van der Waals surface area contributed by atoms with Gasteiger partial charge in [0.25, 0.3) is 0 Å². The van der Waals surface area contributed by atoms with Crippen molar-refractivity contribution in [3.8, 4) is 44.5 Å². The summed E-state index contributed by atoms with van der Waals surface area (Å²) in [7, 11) is 0. The Balaban J connectivity index is 1.53. The van der Waals surface area contributed by atoms with Crippen LogP contribution in [0.1, 0.15) is 0 Å². The lowest BCUT2D eigenvalue weighted by molar-refractivity contribution is 0.631. The summed E-state index contributed by atoms with van der Waals surface area (Å²) in [5.74, 6) is -0.466. The molecule has 0 aliphatic rings. The molecule has 0 atom stereocenters. The molecule has 0 aliphatic heterocycles. The molecule has 0 bridgehead atoms. The van der Waals surface area contributed by atoms with Gasteiger partial charge in [-0.05, 0) is 63.7 Å². The van der Waals surface area contributed by atoms with Crippen LogP contribution in [0.25, 0.3) is 44.5 Å². The van der Waals surface area contributed by atoms with Crippen LogP contribution in [-0.4, -0.2) is 0 Å². The van der Waals surface area contributed by atoms with Gasteiger partial charge in [-0.2, -0.15) is 0 Å². The molecule has 32 heavy (non-hydrogen) atoms. The smallest absolute Gasteiger partial charge is 0.131 e. The first-order valence-electron chi connectivity index (χ1n) is 10.5. The maximum atomic E-state index is 14.3. The summed E-state index contributed by atoms with van der Waals surface area (Å²) in [6.07, 6.45) is 0. The van der Waals surface area contributed by atoms with Crippen LogP contribution in [0, 0.1) is 11.6 Å². The van der Waals surface area contributed by atoms with Crippen molar-refractivity contribution >= 4 is 0 Å². The van der Waals surface area contributed by atoms with Gasteiger partial charge in [0.2, 0.25) is 0 Å². The second-order valence-corrected chi connectivity index (χ2v) is 7.70. The molecule has 0 aromatic heterocycles. The van der Waals surface area contributed by atoms with Gasteiger partial charge >= 0.3 is 0 Å². The van der Waals surface area contributed by atoms with E-state index in [2.05, 4.69) is 6.07 Å². The monoisotopic (exact) mass is 418 g/mol. The predicted octanol–water partition coefficient (Wildman–Crippen LogP) is 8.63. The van der Waals surface area contributed by atoms with Gasteiger partial charge in [0.15, 0.2) is 0 Å². The Kier molecular flexibility index (Phi) is 5.35. The first-order chi connectivity index (χ1) is 15.7. The van der Waals surface area contributed by atoms with E-state index < -0.39 is 0 Å². The van der Waals surface area contributed by atoms with Gasteiger partial charge in [-0.25, -0.2) is 8.78 Å². The van der Waals surface area contributed by atoms with E-state index in [1.807, 2.05) is 78.9 Å². The van der Waals surface area contributed by atoms with Crippen molar-refractivity contribution in [2.75, 3.05) is 0 Å². The zero-order valence-electron chi connectivity index (χ0n) is 17.3. The Morgan fingerprint density at radius 3 is 1.00 bits per heavy atom. The zero-order valence-corrected chi connectivity index (χ0v) is 17.3. The van der Waals surface area contributed by atoms with Crippen molar-refractivity contribution in [1.29, 1.82) is 0 Å². The first-order valence-corrected chi connectivity index (χ1v) is 10.5. The van der Waals surface area contributed by atoms with Crippen molar-refractivity contribution in [3.05, 3.63) is 133 Å². The van der Waals surface area contributed by atoms with E-state index in [0.717, 1.165) is 33.4 Å². The molecular weight excluding hydrogens is 398 g/mol. The van der Waals surface area contributed by atoms with Gasteiger partial charge in [0, 0.05) is 11.1 Å². The van der Waals surface area contributed by atoms with E-state index in [4.69, 9.17) is 0 Å². The van der Waals surface area contributed by atoms with Gasteiger partial charge < -0.3 is 0 Å². The molecule has 5 aromatic rings. The van der Waals surface area contributed by atoms with Crippen LogP contribution in [-0.2, 0) is 0 Å². The van der Waals surface area contributed by atoms with Gasteiger partial charge in [-0.1, -0.05) is 91.0 Å².